The van der Waals surface area contributed by atoms with Crippen molar-refractivity contribution >= 4 is 17.2 Å². The number of rotatable bonds is 2. The van der Waals surface area contributed by atoms with Crippen LogP contribution < -0.4 is 5.32 Å². The largest absolute Gasteiger partial charge is 0.286 e. The molecule has 3 heteroatoms. The van der Waals surface area contributed by atoms with E-state index in [9.17, 15) is 0 Å². The van der Waals surface area contributed by atoms with Crippen molar-refractivity contribution in [2.75, 3.05) is 0 Å². The third-order valence-corrected chi connectivity index (χ3v) is 1.65. The fraction of sp³-hybridized carbons (Fsp3) is 0.111. The van der Waals surface area contributed by atoms with E-state index in [1.807, 2.05) is 30.3 Å². The van der Waals surface area contributed by atoms with Crippen LogP contribution in [0.25, 0.3) is 0 Å². The molecule has 60 valence electrons. The minimum Gasteiger partial charge on any atom is -0.286 e. The van der Waals surface area contributed by atoms with Crippen molar-refractivity contribution in [3.63, 3.8) is 0 Å². The lowest BCUT2D eigenvalue weighted by molar-refractivity contribution is 1.21. The van der Waals surface area contributed by atoms with E-state index in [2.05, 4.69) is 5.32 Å². The molecule has 0 aromatic heterocycles. The van der Waals surface area contributed by atoms with Gasteiger partial charge in [0.15, 0.2) is 6.19 Å². The molecule has 0 aliphatic rings. The predicted molar refractivity (Wildman–Crippen MR) is 51.5 cm³/mol. The second-order valence-electron chi connectivity index (χ2n) is 2.32. The third-order valence-electron chi connectivity index (χ3n) is 1.40. The van der Waals surface area contributed by atoms with E-state index in [4.69, 9.17) is 17.5 Å². The highest BCUT2D eigenvalue weighted by Crippen LogP contribution is 1.99. The molecule has 1 aromatic rings. The third kappa shape index (κ3) is 2.69. The normalized spacial score (nSPS) is 8.58. The van der Waals surface area contributed by atoms with Crippen LogP contribution in [0.3, 0.4) is 0 Å². The van der Waals surface area contributed by atoms with Crippen LogP contribution in [-0.4, -0.2) is 4.99 Å². The highest BCUT2D eigenvalue weighted by molar-refractivity contribution is 7.80. The number of hydrogen-bond donors (Lipinski definition) is 1. The van der Waals surface area contributed by atoms with Crippen molar-refractivity contribution in [3.05, 3.63) is 35.9 Å². The summed E-state index contributed by atoms with van der Waals surface area (Å²) in [5.74, 6) is 0. The summed E-state index contributed by atoms with van der Waals surface area (Å²) >= 11 is 4.90. The molecule has 0 unspecified atom stereocenters. The molecule has 0 radical (unpaired) electrons. The lowest BCUT2D eigenvalue weighted by Crippen LogP contribution is -2.17. The molecule has 0 atom stereocenters. The van der Waals surface area contributed by atoms with Crippen molar-refractivity contribution in [1.82, 2.24) is 5.32 Å². The number of nitriles is 1. The number of nitrogens with zero attached hydrogens (tertiary/aromatic N) is 1. The lowest BCUT2D eigenvalue weighted by atomic mass is 10.1. The minimum atomic E-state index is 0.559. The second kappa shape index (κ2) is 4.47. The summed E-state index contributed by atoms with van der Waals surface area (Å²) in [6.07, 6.45) is 2.43. The monoisotopic (exact) mass is 176 g/mol. The molecule has 12 heavy (non-hydrogen) atoms. The Labute approximate surface area is 76.8 Å². The van der Waals surface area contributed by atoms with Crippen LogP contribution in [0.2, 0.25) is 0 Å². The molecule has 0 heterocycles. The first-order valence-corrected chi connectivity index (χ1v) is 3.95. The molecular formula is C9H8N2S. The summed E-state index contributed by atoms with van der Waals surface area (Å²) in [5, 5.41) is 10.7. The summed E-state index contributed by atoms with van der Waals surface area (Å²) in [6.45, 7) is 0. The number of nitrogens with one attached hydrogen (secondary N) is 1. The molecule has 2 nitrogen and oxygen atoms in total. The summed E-state index contributed by atoms with van der Waals surface area (Å²) in [5.41, 5.74) is 1.12. The van der Waals surface area contributed by atoms with Gasteiger partial charge in [0.25, 0.3) is 0 Å². The van der Waals surface area contributed by atoms with Gasteiger partial charge in [-0.25, -0.2) is 0 Å². The highest BCUT2D eigenvalue weighted by atomic mass is 32.1. The zero-order valence-electron chi connectivity index (χ0n) is 6.45. The van der Waals surface area contributed by atoms with E-state index in [-0.39, 0.29) is 0 Å². The van der Waals surface area contributed by atoms with Gasteiger partial charge in [-0.1, -0.05) is 42.5 Å². The van der Waals surface area contributed by atoms with Gasteiger partial charge in [0.05, 0.1) is 4.99 Å². The Hall–Kier alpha value is -1.40. The van der Waals surface area contributed by atoms with E-state index < -0.39 is 0 Å². The average molecular weight is 176 g/mol. The summed E-state index contributed by atoms with van der Waals surface area (Å²) in [7, 11) is 0. The van der Waals surface area contributed by atoms with E-state index in [0.717, 1.165) is 5.56 Å². The molecule has 0 saturated heterocycles. The molecule has 0 spiro atoms. The summed E-state index contributed by atoms with van der Waals surface area (Å²) in [6, 6.07) is 9.80. The van der Waals surface area contributed by atoms with Crippen LogP contribution in [0, 0.1) is 11.5 Å². The molecule has 0 aliphatic carbocycles. The Balaban J connectivity index is 2.54. The van der Waals surface area contributed by atoms with Gasteiger partial charge in [-0.2, -0.15) is 5.26 Å². The Kier molecular flexibility index (Phi) is 3.24. The van der Waals surface area contributed by atoms with Crippen molar-refractivity contribution in [3.8, 4) is 6.19 Å². The Morgan fingerprint density at radius 3 is 2.67 bits per heavy atom. The smallest absolute Gasteiger partial charge is 0.181 e. The zero-order chi connectivity index (χ0) is 8.81. The van der Waals surface area contributed by atoms with Crippen LogP contribution in [0.15, 0.2) is 30.3 Å². The quantitative estimate of drug-likeness (QED) is 0.422. The summed E-state index contributed by atoms with van der Waals surface area (Å²) < 4.78 is 0. The molecule has 0 bridgehead atoms. The van der Waals surface area contributed by atoms with Crippen molar-refractivity contribution in [1.29, 1.82) is 5.26 Å². The Morgan fingerprint density at radius 1 is 1.42 bits per heavy atom. The zero-order valence-corrected chi connectivity index (χ0v) is 7.27. The minimum absolute atomic E-state index is 0.559. The van der Waals surface area contributed by atoms with Gasteiger partial charge in [0.2, 0.25) is 0 Å². The van der Waals surface area contributed by atoms with Gasteiger partial charge in [0.1, 0.15) is 0 Å². The number of benzene rings is 1. The highest BCUT2D eigenvalue weighted by Gasteiger charge is 1.95. The Morgan fingerprint density at radius 2 is 2.08 bits per heavy atom. The molecular weight excluding hydrogens is 168 g/mol. The van der Waals surface area contributed by atoms with Crippen molar-refractivity contribution < 1.29 is 0 Å². The SMILES string of the molecule is N#CNC(=S)Cc1ccccc1. The van der Waals surface area contributed by atoms with E-state index in [1.54, 1.807) is 6.19 Å². The van der Waals surface area contributed by atoms with Crippen LogP contribution >= 0.6 is 12.2 Å². The van der Waals surface area contributed by atoms with Crippen LogP contribution in [0.5, 0.6) is 0 Å². The standard InChI is InChI=1S/C9H8N2S/c10-7-11-9(12)6-8-4-2-1-3-5-8/h1-5H,6H2,(H,11,12). The molecule has 1 aromatic carbocycles. The van der Waals surface area contributed by atoms with E-state index in [1.165, 1.54) is 0 Å². The van der Waals surface area contributed by atoms with Gasteiger partial charge in [-0.3, -0.25) is 5.32 Å². The summed E-state index contributed by atoms with van der Waals surface area (Å²) in [4.78, 5) is 0.559. The predicted octanol–water partition coefficient (Wildman–Crippen LogP) is 1.63. The number of hydrogen-bond acceptors (Lipinski definition) is 2. The van der Waals surface area contributed by atoms with Gasteiger partial charge in [-0.15, -0.1) is 0 Å². The maximum absolute atomic E-state index is 8.27. The molecule has 0 aliphatic heterocycles. The van der Waals surface area contributed by atoms with Gasteiger partial charge < -0.3 is 0 Å². The lowest BCUT2D eigenvalue weighted by Gasteiger charge is -1.99. The topological polar surface area (TPSA) is 35.8 Å². The molecule has 0 saturated carbocycles. The van der Waals surface area contributed by atoms with Gasteiger partial charge >= 0.3 is 0 Å². The first-order chi connectivity index (χ1) is 5.83. The van der Waals surface area contributed by atoms with Gasteiger partial charge in [0, 0.05) is 6.42 Å². The average Bonchev–Trinajstić information content (AvgIpc) is 2.06. The molecule has 1 N–H and O–H groups in total. The molecule has 0 fully saturated rings. The van der Waals surface area contributed by atoms with E-state index in [0.29, 0.717) is 11.4 Å². The fourth-order valence-electron chi connectivity index (χ4n) is 0.888. The van der Waals surface area contributed by atoms with Crippen LogP contribution in [0.1, 0.15) is 5.56 Å². The first-order valence-electron chi connectivity index (χ1n) is 3.55. The molecule has 1 rings (SSSR count). The fourth-order valence-corrected chi connectivity index (χ4v) is 1.10. The maximum atomic E-state index is 8.27. The van der Waals surface area contributed by atoms with Crippen LogP contribution in [-0.2, 0) is 6.42 Å². The van der Waals surface area contributed by atoms with Crippen molar-refractivity contribution in [2.24, 2.45) is 0 Å². The van der Waals surface area contributed by atoms with Gasteiger partial charge in [-0.05, 0) is 5.56 Å². The molecule has 0 amide bonds. The first kappa shape index (κ1) is 8.69. The second-order valence-corrected chi connectivity index (χ2v) is 2.82. The van der Waals surface area contributed by atoms with Crippen LogP contribution in [0.4, 0.5) is 0 Å². The maximum Gasteiger partial charge on any atom is 0.181 e. The van der Waals surface area contributed by atoms with E-state index >= 15 is 0 Å². The van der Waals surface area contributed by atoms with Crippen molar-refractivity contribution in [2.45, 2.75) is 6.42 Å². The number of thiocarbonyl (C=S) groups is 1. The Bertz CT molecular complexity index is 300.